The van der Waals surface area contributed by atoms with Crippen LogP contribution < -0.4 is 15.0 Å². The minimum Gasteiger partial charge on any atom is -0.497 e. The molecule has 2 aromatic rings. The summed E-state index contributed by atoms with van der Waals surface area (Å²) in [6.07, 6.45) is 0.673. The third-order valence-electron chi connectivity index (χ3n) is 3.44. The molecule has 7 nitrogen and oxygen atoms in total. The highest BCUT2D eigenvalue weighted by atomic mass is 16.5. The molecule has 7 heteroatoms. The zero-order valence-corrected chi connectivity index (χ0v) is 14.0. The number of aryl methyl sites for hydroxylation is 1. The predicted molar refractivity (Wildman–Crippen MR) is 89.0 cm³/mol. The van der Waals surface area contributed by atoms with Crippen LogP contribution >= 0.6 is 0 Å². The molecule has 0 saturated heterocycles. The summed E-state index contributed by atoms with van der Waals surface area (Å²) < 4.78 is 10.1. The molecule has 0 bridgehead atoms. The van der Waals surface area contributed by atoms with Crippen molar-refractivity contribution in [2.45, 2.75) is 20.3 Å². The second kappa shape index (κ2) is 8.14. The van der Waals surface area contributed by atoms with E-state index in [0.717, 1.165) is 11.3 Å². The Morgan fingerprint density at radius 1 is 1.33 bits per heavy atom. The number of rotatable bonds is 7. The molecule has 2 rings (SSSR count). The number of benzene rings is 1. The van der Waals surface area contributed by atoms with E-state index in [1.807, 2.05) is 24.3 Å². The van der Waals surface area contributed by atoms with Crippen LogP contribution in [0.3, 0.4) is 0 Å². The summed E-state index contributed by atoms with van der Waals surface area (Å²) in [5, 5.41) is 6.57. The van der Waals surface area contributed by atoms with E-state index in [0.29, 0.717) is 24.5 Å². The Morgan fingerprint density at radius 2 is 2.12 bits per heavy atom. The van der Waals surface area contributed by atoms with Gasteiger partial charge < -0.3 is 14.6 Å². The summed E-state index contributed by atoms with van der Waals surface area (Å²) in [7, 11) is 1.61. The van der Waals surface area contributed by atoms with Crippen LogP contribution in [0, 0.1) is 6.92 Å². The Morgan fingerprint density at radius 3 is 2.75 bits per heavy atom. The smallest absolute Gasteiger partial charge is 0.240 e. The monoisotopic (exact) mass is 331 g/mol. The topological polar surface area (TPSA) is 84.7 Å². The van der Waals surface area contributed by atoms with Crippen molar-refractivity contribution in [1.82, 2.24) is 10.5 Å². The Labute approximate surface area is 140 Å². The van der Waals surface area contributed by atoms with Crippen LogP contribution in [0.15, 0.2) is 34.9 Å². The van der Waals surface area contributed by atoms with Gasteiger partial charge >= 0.3 is 0 Å². The molecule has 0 aliphatic heterocycles. The number of carbonyl (C=O) groups is 2. The maximum Gasteiger partial charge on any atom is 0.240 e. The number of hydrogen-bond acceptors (Lipinski definition) is 5. The lowest BCUT2D eigenvalue weighted by Crippen LogP contribution is -2.40. The van der Waals surface area contributed by atoms with Crippen LogP contribution in [0.5, 0.6) is 5.75 Å². The zero-order chi connectivity index (χ0) is 17.5. The molecule has 1 heterocycles. The zero-order valence-electron chi connectivity index (χ0n) is 14.0. The maximum absolute atomic E-state index is 12.1. The van der Waals surface area contributed by atoms with Gasteiger partial charge in [-0.2, -0.15) is 0 Å². The van der Waals surface area contributed by atoms with Gasteiger partial charge in [0.2, 0.25) is 11.8 Å². The summed E-state index contributed by atoms with van der Waals surface area (Å²) >= 11 is 0. The Hall–Kier alpha value is -2.83. The standard InChI is InChI=1S/C17H21N3O4/c1-12-9-16(19-24-12)20(13(2)21)11-17(22)18-8-7-14-5-4-6-15(10-14)23-3/h4-6,9-10H,7-8,11H2,1-3H3,(H,18,22). The largest absolute Gasteiger partial charge is 0.497 e. The molecular weight excluding hydrogens is 310 g/mol. The fourth-order valence-corrected chi connectivity index (χ4v) is 2.21. The molecule has 0 aliphatic rings. The van der Waals surface area contributed by atoms with Crippen molar-refractivity contribution >= 4 is 17.6 Å². The Balaban J connectivity index is 1.86. The van der Waals surface area contributed by atoms with E-state index in [1.165, 1.54) is 11.8 Å². The molecule has 0 atom stereocenters. The van der Waals surface area contributed by atoms with Gasteiger partial charge in [-0.25, -0.2) is 0 Å². The van der Waals surface area contributed by atoms with Crippen LogP contribution in [0.25, 0.3) is 0 Å². The molecule has 0 unspecified atom stereocenters. The number of methoxy groups -OCH3 is 1. The average Bonchev–Trinajstić information content (AvgIpc) is 2.98. The number of hydrogen-bond donors (Lipinski definition) is 1. The summed E-state index contributed by atoms with van der Waals surface area (Å²) in [5.41, 5.74) is 1.06. The van der Waals surface area contributed by atoms with Gasteiger partial charge in [-0.1, -0.05) is 17.3 Å². The SMILES string of the molecule is COc1cccc(CCNC(=O)CN(C(C)=O)c2cc(C)on2)c1. The van der Waals surface area contributed by atoms with Crippen molar-refractivity contribution in [2.75, 3.05) is 25.1 Å². The molecule has 0 radical (unpaired) electrons. The van der Waals surface area contributed by atoms with Crippen molar-refractivity contribution in [1.29, 1.82) is 0 Å². The number of nitrogens with zero attached hydrogens (tertiary/aromatic N) is 2. The van der Waals surface area contributed by atoms with Gasteiger partial charge in [-0.3, -0.25) is 14.5 Å². The van der Waals surface area contributed by atoms with Gasteiger partial charge in [0.05, 0.1) is 7.11 Å². The number of carbonyl (C=O) groups excluding carboxylic acids is 2. The van der Waals surface area contributed by atoms with Gasteiger partial charge in [-0.15, -0.1) is 0 Å². The number of anilines is 1. The lowest BCUT2D eigenvalue weighted by Gasteiger charge is -2.17. The molecule has 0 spiro atoms. The Bertz CT molecular complexity index is 711. The third-order valence-corrected chi connectivity index (χ3v) is 3.44. The fourth-order valence-electron chi connectivity index (χ4n) is 2.21. The maximum atomic E-state index is 12.1. The van der Waals surface area contributed by atoms with Gasteiger partial charge in [-0.05, 0) is 31.0 Å². The van der Waals surface area contributed by atoms with Crippen LogP contribution in [-0.4, -0.2) is 37.2 Å². The highest BCUT2D eigenvalue weighted by Crippen LogP contribution is 2.14. The molecule has 0 saturated carbocycles. The van der Waals surface area contributed by atoms with E-state index in [1.54, 1.807) is 20.1 Å². The van der Waals surface area contributed by atoms with Crippen molar-refractivity contribution in [3.8, 4) is 5.75 Å². The first-order chi connectivity index (χ1) is 11.5. The first-order valence-corrected chi connectivity index (χ1v) is 7.60. The lowest BCUT2D eigenvalue weighted by molar-refractivity contribution is -0.123. The molecular formula is C17H21N3O4. The summed E-state index contributed by atoms with van der Waals surface area (Å²) in [5.74, 6) is 1.17. The van der Waals surface area contributed by atoms with E-state index in [2.05, 4.69) is 10.5 Å². The highest BCUT2D eigenvalue weighted by Gasteiger charge is 2.18. The van der Waals surface area contributed by atoms with Crippen molar-refractivity contribution in [2.24, 2.45) is 0 Å². The normalized spacial score (nSPS) is 10.3. The fraction of sp³-hybridized carbons (Fsp3) is 0.353. The number of nitrogens with one attached hydrogen (secondary N) is 1. The van der Waals surface area contributed by atoms with E-state index >= 15 is 0 Å². The molecule has 1 aromatic heterocycles. The second-order valence-corrected chi connectivity index (χ2v) is 5.35. The van der Waals surface area contributed by atoms with E-state index in [4.69, 9.17) is 9.26 Å². The minimum atomic E-state index is -0.272. The Kier molecular flexibility index (Phi) is 5.95. The summed E-state index contributed by atoms with van der Waals surface area (Å²) in [6.45, 7) is 3.48. The minimum absolute atomic E-state index is 0.0978. The average molecular weight is 331 g/mol. The van der Waals surface area contributed by atoms with Gasteiger partial charge in [0, 0.05) is 19.5 Å². The molecule has 0 fully saturated rings. The lowest BCUT2D eigenvalue weighted by atomic mass is 10.1. The van der Waals surface area contributed by atoms with Gasteiger partial charge in [0.1, 0.15) is 18.1 Å². The van der Waals surface area contributed by atoms with Crippen molar-refractivity contribution in [3.05, 3.63) is 41.7 Å². The van der Waals surface area contributed by atoms with E-state index < -0.39 is 0 Å². The molecule has 128 valence electrons. The first kappa shape index (κ1) is 17.5. The molecule has 24 heavy (non-hydrogen) atoms. The summed E-state index contributed by atoms with van der Waals surface area (Å²) in [6, 6.07) is 9.28. The summed E-state index contributed by atoms with van der Waals surface area (Å²) in [4.78, 5) is 25.0. The quantitative estimate of drug-likeness (QED) is 0.835. The predicted octanol–water partition coefficient (Wildman–Crippen LogP) is 1.70. The molecule has 2 amide bonds. The third kappa shape index (κ3) is 4.84. The van der Waals surface area contributed by atoms with E-state index in [-0.39, 0.29) is 18.4 Å². The molecule has 1 N–H and O–H groups in total. The van der Waals surface area contributed by atoms with Gasteiger partial charge in [0.15, 0.2) is 5.82 Å². The number of aromatic nitrogens is 1. The molecule has 1 aromatic carbocycles. The highest BCUT2D eigenvalue weighted by molar-refractivity contribution is 5.96. The van der Waals surface area contributed by atoms with E-state index in [9.17, 15) is 9.59 Å². The van der Waals surface area contributed by atoms with Gasteiger partial charge in [0.25, 0.3) is 0 Å². The van der Waals surface area contributed by atoms with Crippen LogP contribution in [0.2, 0.25) is 0 Å². The second-order valence-electron chi connectivity index (χ2n) is 5.35. The first-order valence-electron chi connectivity index (χ1n) is 7.60. The number of ether oxygens (including phenoxy) is 1. The molecule has 0 aliphatic carbocycles. The van der Waals surface area contributed by atoms with Crippen molar-refractivity contribution in [3.63, 3.8) is 0 Å². The van der Waals surface area contributed by atoms with Crippen LogP contribution in [-0.2, 0) is 16.0 Å². The van der Waals surface area contributed by atoms with Crippen molar-refractivity contribution < 1.29 is 18.8 Å². The number of amides is 2. The van der Waals surface area contributed by atoms with Crippen LogP contribution in [0.1, 0.15) is 18.2 Å². The van der Waals surface area contributed by atoms with Crippen LogP contribution in [0.4, 0.5) is 5.82 Å².